The first-order chi connectivity index (χ1) is 12.8. The van der Waals surface area contributed by atoms with Crippen molar-refractivity contribution < 1.29 is 4.39 Å². The van der Waals surface area contributed by atoms with E-state index in [1.54, 1.807) is 23.0 Å². The van der Waals surface area contributed by atoms with Gasteiger partial charge in [-0.05, 0) is 29.8 Å². The Morgan fingerprint density at radius 2 is 1.88 bits per heavy atom. The van der Waals surface area contributed by atoms with Crippen LogP contribution in [-0.2, 0) is 6.54 Å². The lowest BCUT2D eigenvalue weighted by Crippen LogP contribution is -2.03. The molecule has 2 aromatic carbocycles. The number of nitrogens with one attached hydrogen (secondary N) is 1. The second-order valence-electron chi connectivity index (χ2n) is 6.05. The lowest BCUT2D eigenvalue weighted by atomic mass is 10.2. The number of aromatic nitrogens is 6. The van der Waals surface area contributed by atoms with E-state index in [0.717, 1.165) is 27.9 Å². The second kappa shape index (κ2) is 5.73. The summed E-state index contributed by atoms with van der Waals surface area (Å²) >= 11 is 0. The standard InChI is InChI=1S/C19H13FN6/c20-14-7-5-12(6-8-14)11-26-19-18(24-25-26)21-10-17(23-19)16-9-13-3-1-2-4-15(13)22-16/h1-10,22H,11H2. The van der Waals surface area contributed by atoms with E-state index in [-0.39, 0.29) is 5.82 Å². The van der Waals surface area contributed by atoms with Crippen LogP contribution in [0.2, 0.25) is 0 Å². The van der Waals surface area contributed by atoms with Gasteiger partial charge in [-0.15, -0.1) is 5.10 Å². The first-order valence-corrected chi connectivity index (χ1v) is 8.15. The van der Waals surface area contributed by atoms with E-state index >= 15 is 0 Å². The summed E-state index contributed by atoms with van der Waals surface area (Å²) < 4.78 is 14.8. The van der Waals surface area contributed by atoms with E-state index in [1.165, 1.54) is 12.1 Å². The van der Waals surface area contributed by atoms with Gasteiger partial charge >= 0.3 is 0 Å². The van der Waals surface area contributed by atoms with Crippen molar-refractivity contribution in [1.82, 2.24) is 29.9 Å². The number of para-hydroxylation sites is 1. The monoisotopic (exact) mass is 344 g/mol. The Hall–Kier alpha value is -3.61. The zero-order chi connectivity index (χ0) is 17.5. The summed E-state index contributed by atoms with van der Waals surface area (Å²) in [6.45, 7) is 0.446. The van der Waals surface area contributed by atoms with E-state index in [2.05, 4.69) is 25.3 Å². The fraction of sp³-hybridized carbons (Fsp3) is 0.0526. The van der Waals surface area contributed by atoms with Gasteiger partial charge in [0, 0.05) is 10.9 Å². The summed E-state index contributed by atoms with van der Waals surface area (Å²) in [5.74, 6) is -0.266. The first-order valence-electron chi connectivity index (χ1n) is 8.15. The minimum absolute atomic E-state index is 0.266. The molecule has 26 heavy (non-hydrogen) atoms. The Labute approximate surface area is 147 Å². The molecular weight excluding hydrogens is 331 g/mol. The molecule has 0 fully saturated rings. The minimum atomic E-state index is -0.266. The Bertz CT molecular complexity index is 1190. The van der Waals surface area contributed by atoms with Crippen LogP contribution in [0.4, 0.5) is 4.39 Å². The van der Waals surface area contributed by atoms with Crippen LogP contribution in [0.1, 0.15) is 5.56 Å². The number of hydrogen-bond acceptors (Lipinski definition) is 4. The number of rotatable bonds is 3. The largest absolute Gasteiger partial charge is 0.353 e. The zero-order valence-corrected chi connectivity index (χ0v) is 13.6. The summed E-state index contributed by atoms with van der Waals surface area (Å²) in [5, 5.41) is 9.31. The van der Waals surface area contributed by atoms with Gasteiger partial charge in [0.2, 0.25) is 5.65 Å². The molecule has 126 valence electrons. The van der Waals surface area contributed by atoms with Crippen LogP contribution < -0.4 is 0 Å². The highest BCUT2D eigenvalue weighted by Gasteiger charge is 2.12. The Kier molecular flexibility index (Phi) is 3.24. The zero-order valence-electron chi connectivity index (χ0n) is 13.6. The smallest absolute Gasteiger partial charge is 0.221 e. The molecule has 0 amide bonds. The molecule has 0 saturated carbocycles. The Morgan fingerprint density at radius 1 is 1.04 bits per heavy atom. The van der Waals surface area contributed by atoms with E-state index in [4.69, 9.17) is 0 Å². The van der Waals surface area contributed by atoms with Gasteiger partial charge in [-0.25, -0.2) is 19.0 Å². The van der Waals surface area contributed by atoms with Gasteiger partial charge in [-0.3, -0.25) is 0 Å². The number of H-pyrrole nitrogens is 1. The van der Waals surface area contributed by atoms with Gasteiger partial charge in [-0.2, -0.15) is 0 Å². The molecule has 0 aliphatic heterocycles. The van der Waals surface area contributed by atoms with Gasteiger partial charge in [0.15, 0.2) is 5.65 Å². The molecule has 7 heteroatoms. The lowest BCUT2D eigenvalue weighted by Gasteiger charge is -2.03. The molecule has 6 nitrogen and oxygen atoms in total. The number of benzene rings is 2. The predicted octanol–water partition coefficient (Wildman–Crippen LogP) is 3.56. The molecule has 0 aliphatic carbocycles. The number of halogens is 1. The highest BCUT2D eigenvalue weighted by Crippen LogP contribution is 2.23. The highest BCUT2D eigenvalue weighted by atomic mass is 19.1. The average Bonchev–Trinajstić information content (AvgIpc) is 3.27. The summed E-state index contributed by atoms with van der Waals surface area (Å²) in [7, 11) is 0. The van der Waals surface area contributed by atoms with E-state index in [9.17, 15) is 4.39 Å². The number of hydrogen-bond donors (Lipinski definition) is 1. The number of aromatic amines is 1. The van der Waals surface area contributed by atoms with Crippen molar-refractivity contribution in [3.63, 3.8) is 0 Å². The van der Waals surface area contributed by atoms with Crippen molar-refractivity contribution in [2.45, 2.75) is 6.54 Å². The van der Waals surface area contributed by atoms with Crippen LogP contribution in [0.5, 0.6) is 0 Å². The van der Waals surface area contributed by atoms with Gasteiger partial charge < -0.3 is 4.98 Å². The van der Waals surface area contributed by atoms with Crippen molar-refractivity contribution in [3.8, 4) is 11.4 Å². The van der Waals surface area contributed by atoms with Crippen LogP contribution in [-0.4, -0.2) is 29.9 Å². The minimum Gasteiger partial charge on any atom is -0.353 e. The van der Waals surface area contributed by atoms with E-state index in [0.29, 0.717) is 17.8 Å². The highest BCUT2D eigenvalue weighted by molar-refractivity contribution is 5.85. The molecule has 0 aliphatic rings. The fourth-order valence-corrected chi connectivity index (χ4v) is 2.97. The van der Waals surface area contributed by atoms with Crippen molar-refractivity contribution in [2.24, 2.45) is 0 Å². The van der Waals surface area contributed by atoms with Gasteiger partial charge in [-0.1, -0.05) is 35.5 Å². The summed E-state index contributed by atoms with van der Waals surface area (Å²) in [4.78, 5) is 12.4. The fourth-order valence-electron chi connectivity index (χ4n) is 2.97. The SMILES string of the molecule is Fc1ccc(Cn2nnc3ncc(-c4cc5ccccc5[nH]4)nc32)cc1. The van der Waals surface area contributed by atoms with Crippen molar-refractivity contribution in [3.05, 3.63) is 72.2 Å². The van der Waals surface area contributed by atoms with Crippen LogP contribution in [0.25, 0.3) is 33.6 Å². The average molecular weight is 344 g/mol. The van der Waals surface area contributed by atoms with Crippen LogP contribution in [0.3, 0.4) is 0 Å². The molecule has 3 heterocycles. The van der Waals surface area contributed by atoms with Crippen molar-refractivity contribution >= 4 is 22.2 Å². The number of fused-ring (bicyclic) bond motifs is 2. The summed E-state index contributed by atoms with van der Waals surface area (Å²) in [5.41, 5.74) is 4.63. The number of nitrogens with zero attached hydrogens (tertiary/aromatic N) is 5. The van der Waals surface area contributed by atoms with Crippen LogP contribution in [0.15, 0.2) is 60.8 Å². The van der Waals surface area contributed by atoms with Gasteiger partial charge in [0.1, 0.15) is 11.5 Å². The molecular formula is C19H13FN6. The third-order valence-electron chi connectivity index (χ3n) is 4.28. The van der Waals surface area contributed by atoms with E-state index < -0.39 is 0 Å². The third kappa shape index (κ3) is 2.50. The molecule has 3 aromatic heterocycles. The lowest BCUT2D eigenvalue weighted by molar-refractivity contribution is 0.623. The molecule has 5 rings (SSSR count). The van der Waals surface area contributed by atoms with Crippen LogP contribution in [0, 0.1) is 5.82 Å². The molecule has 0 spiro atoms. The maximum atomic E-state index is 13.1. The van der Waals surface area contributed by atoms with Gasteiger partial charge in [0.25, 0.3) is 0 Å². The molecule has 5 aromatic rings. The molecule has 0 unspecified atom stereocenters. The second-order valence-corrected chi connectivity index (χ2v) is 6.05. The molecule has 0 atom stereocenters. The Balaban J connectivity index is 1.57. The molecule has 0 radical (unpaired) electrons. The third-order valence-corrected chi connectivity index (χ3v) is 4.28. The molecule has 0 bridgehead atoms. The maximum Gasteiger partial charge on any atom is 0.221 e. The molecule has 0 saturated heterocycles. The van der Waals surface area contributed by atoms with E-state index in [1.807, 2.05) is 30.3 Å². The quantitative estimate of drug-likeness (QED) is 0.543. The maximum absolute atomic E-state index is 13.1. The van der Waals surface area contributed by atoms with Crippen molar-refractivity contribution in [1.29, 1.82) is 0 Å². The van der Waals surface area contributed by atoms with Crippen molar-refractivity contribution in [2.75, 3.05) is 0 Å². The van der Waals surface area contributed by atoms with Crippen LogP contribution >= 0.6 is 0 Å². The summed E-state index contributed by atoms with van der Waals surface area (Å²) in [6.07, 6.45) is 1.68. The predicted molar refractivity (Wildman–Crippen MR) is 95.9 cm³/mol. The first kappa shape index (κ1) is 14.7. The Morgan fingerprint density at radius 3 is 2.73 bits per heavy atom. The summed E-state index contributed by atoms with van der Waals surface area (Å²) in [6, 6.07) is 16.4. The molecule has 1 N–H and O–H groups in total. The topological polar surface area (TPSA) is 72.3 Å². The normalized spacial score (nSPS) is 11.4. The van der Waals surface area contributed by atoms with Gasteiger partial charge in [0.05, 0.1) is 18.4 Å².